The number of urea groups is 1. The van der Waals surface area contributed by atoms with Gasteiger partial charge in [-0.05, 0) is 25.5 Å². The minimum atomic E-state index is -0.179. The van der Waals surface area contributed by atoms with Crippen molar-refractivity contribution in [1.82, 2.24) is 30.2 Å². The lowest BCUT2D eigenvalue weighted by Crippen LogP contribution is -2.39. The Bertz CT molecular complexity index is 1010. The van der Waals surface area contributed by atoms with E-state index >= 15 is 0 Å². The lowest BCUT2D eigenvalue weighted by molar-refractivity contribution is 0.209. The van der Waals surface area contributed by atoms with Gasteiger partial charge in [-0.15, -0.1) is 0 Å². The molecule has 0 unspecified atom stereocenters. The Kier molecular flexibility index (Phi) is 5.54. The normalized spacial score (nSPS) is 10.9. The first kappa shape index (κ1) is 18.6. The van der Waals surface area contributed by atoms with Crippen molar-refractivity contribution in [2.24, 2.45) is 0 Å². The lowest BCUT2D eigenvalue weighted by Gasteiger charge is -2.17. The number of carbonyl (C=O) groups excluding carboxylic acids is 1. The standard InChI is InChI=1S/C19H24N6O2/c1-12-5-4-6-14-18(12)24-16(22-14)8-10-25(3)19(27)20-9-7-15-21-13(2)11-17(26)23-15/h4-6,11H,7-10H2,1-3H3,(H,20,27)(H,22,24)(H,21,23,26). The zero-order valence-electron chi connectivity index (χ0n) is 15.8. The number of carbonyl (C=O) groups is 1. The van der Waals surface area contributed by atoms with Crippen molar-refractivity contribution in [2.75, 3.05) is 20.1 Å². The summed E-state index contributed by atoms with van der Waals surface area (Å²) in [6.07, 6.45) is 1.12. The maximum atomic E-state index is 12.2. The summed E-state index contributed by atoms with van der Waals surface area (Å²) in [6.45, 7) is 4.75. The number of hydrogen-bond donors (Lipinski definition) is 3. The highest BCUT2D eigenvalue weighted by Crippen LogP contribution is 2.15. The van der Waals surface area contributed by atoms with Crippen LogP contribution in [0.5, 0.6) is 0 Å². The van der Waals surface area contributed by atoms with Crippen molar-refractivity contribution in [2.45, 2.75) is 26.7 Å². The minimum absolute atomic E-state index is 0.169. The van der Waals surface area contributed by atoms with Gasteiger partial charge in [-0.3, -0.25) is 4.79 Å². The van der Waals surface area contributed by atoms with Crippen LogP contribution in [-0.4, -0.2) is 51.0 Å². The molecule has 2 amide bonds. The number of likely N-dealkylation sites (N-methyl/N-ethyl adjacent to an activating group) is 1. The third-order valence-corrected chi connectivity index (χ3v) is 4.35. The fraction of sp³-hybridized carbons (Fsp3) is 0.368. The molecule has 0 radical (unpaired) electrons. The molecular weight excluding hydrogens is 344 g/mol. The van der Waals surface area contributed by atoms with Gasteiger partial charge in [-0.2, -0.15) is 0 Å². The number of H-pyrrole nitrogens is 2. The Balaban J connectivity index is 1.48. The fourth-order valence-corrected chi connectivity index (χ4v) is 2.90. The van der Waals surface area contributed by atoms with Gasteiger partial charge in [-0.1, -0.05) is 12.1 Å². The predicted octanol–water partition coefficient (Wildman–Crippen LogP) is 1.69. The molecule has 2 heterocycles. The third kappa shape index (κ3) is 4.72. The highest BCUT2D eigenvalue weighted by atomic mass is 16.2. The van der Waals surface area contributed by atoms with Crippen molar-refractivity contribution in [1.29, 1.82) is 0 Å². The van der Waals surface area contributed by atoms with E-state index in [4.69, 9.17) is 0 Å². The predicted molar refractivity (Wildman–Crippen MR) is 104 cm³/mol. The molecule has 8 heteroatoms. The van der Waals surface area contributed by atoms with E-state index in [1.54, 1.807) is 18.9 Å². The zero-order valence-corrected chi connectivity index (χ0v) is 15.8. The van der Waals surface area contributed by atoms with Gasteiger partial charge < -0.3 is 20.2 Å². The van der Waals surface area contributed by atoms with Crippen LogP contribution >= 0.6 is 0 Å². The molecule has 8 nitrogen and oxygen atoms in total. The zero-order chi connectivity index (χ0) is 19.4. The van der Waals surface area contributed by atoms with Crippen LogP contribution in [0.4, 0.5) is 4.79 Å². The van der Waals surface area contributed by atoms with E-state index in [0.717, 1.165) is 22.4 Å². The highest BCUT2D eigenvalue weighted by molar-refractivity contribution is 5.78. The lowest BCUT2D eigenvalue weighted by atomic mass is 10.2. The summed E-state index contributed by atoms with van der Waals surface area (Å²) in [5.41, 5.74) is 3.60. The number of rotatable bonds is 6. The molecule has 0 aliphatic heterocycles. The molecule has 27 heavy (non-hydrogen) atoms. The molecule has 142 valence electrons. The third-order valence-electron chi connectivity index (χ3n) is 4.35. The maximum Gasteiger partial charge on any atom is 0.317 e. The number of benzene rings is 1. The Labute approximate surface area is 157 Å². The summed E-state index contributed by atoms with van der Waals surface area (Å²) < 4.78 is 0. The van der Waals surface area contributed by atoms with Crippen molar-refractivity contribution in [3.63, 3.8) is 0 Å². The van der Waals surface area contributed by atoms with Crippen molar-refractivity contribution < 1.29 is 4.79 Å². The van der Waals surface area contributed by atoms with Crippen LogP contribution in [-0.2, 0) is 12.8 Å². The van der Waals surface area contributed by atoms with E-state index in [1.165, 1.54) is 6.07 Å². The number of aromatic nitrogens is 4. The van der Waals surface area contributed by atoms with Gasteiger partial charge in [0, 0.05) is 44.7 Å². The smallest absolute Gasteiger partial charge is 0.317 e. The topological polar surface area (TPSA) is 107 Å². The number of hydrogen-bond acceptors (Lipinski definition) is 4. The Hall–Kier alpha value is -3.16. The van der Waals surface area contributed by atoms with E-state index in [9.17, 15) is 9.59 Å². The highest BCUT2D eigenvalue weighted by Gasteiger charge is 2.10. The minimum Gasteiger partial charge on any atom is -0.342 e. The summed E-state index contributed by atoms with van der Waals surface area (Å²) in [5.74, 6) is 1.43. The van der Waals surface area contributed by atoms with Crippen LogP contribution in [0.1, 0.15) is 22.9 Å². The molecule has 0 saturated heterocycles. The first-order valence-corrected chi connectivity index (χ1v) is 8.92. The fourth-order valence-electron chi connectivity index (χ4n) is 2.90. The van der Waals surface area contributed by atoms with Crippen LogP contribution < -0.4 is 10.9 Å². The number of nitrogens with one attached hydrogen (secondary N) is 3. The summed E-state index contributed by atoms with van der Waals surface area (Å²) in [5, 5.41) is 2.84. The van der Waals surface area contributed by atoms with Crippen molar-refractivity contribution >= 4 is 17.1 Å². The molecule has 0 saturated carbocycles. The molecule has 0 bridgehead atoms. The number of nitrogens with zero attached hydrogens (tertiary/aromatic N) is 3. The van der Waals surface area contributed by atoms with E-state index in [0.29, 0.717) is 37.4 Å². The molecule has 3 N–H and O–H groups in total. The second kappa shape index (κ2) is 8.03. The molecule has 0 spiro atoms. The molecule has 2 aromatic heterocycles. The van der Waals surface area contributed by atoms with Gasteiger partial charge >= 0.3 is 6.03 Å². The first-order valence-electron chi connectivity index (χ1n) is 8.92. The van der Waals surface area contributed by atoms with Crippen molar-refractivity contribution in [3.8, 4) is 0 Å². The van der Waals surface area contributed by atoms with E-state index < -0.39 is 0 Å². The number of imidazole rings is 1. The number of para-hydroxylation sites is 1. The number of amides is 2. The SMILES string of the molecule is Cc1cc(=O)[nH]c(CCNC(=O)N(C)CCc2nc3c(C)cccc3[nH]2)n1. The van der Waals surface area contributed by atoms with Gasteiger partial charge in [0.25, 0.3) is 5.56 Å². The largest absolute Gasteiger partial charge is 0.342 e. The van der Waals surface area contributed by atoms with Gasteiger partial charge in [0.2, 0.25) is 0 Å². The molecule has 0 atom stereocenters. The number of aryl methyl sites for hydroxylation is 2. The van der Waals surface area contributed by atoms with Crippen LogP contribution in [0.2, 0.25) is 0 Å². The molecule has 3 rings (SSSR count). The van der Waals surface area contributed by atoms with Crippen LogP contribution in [0.3, 0.4) is 0 Å². The number of aromatic amines is 2. The Morgan fingerprint density at radius 3 is 2.67 bits per heavy atom. The molecular formula is C19H24N6O2. The van der Waals surface area contributed by atoms with E-state index in [2.05, 4.69) is 25.3 Å². The van der Waals surface area contributed by atoms with Crippen LogP contribution in [0, 0.1) is 13.8 Å². The quantitative estimate of drug-likeness (QED) is 0.615. The average Bonchev–Trinajstić information content (AvgIpc) is 3.03. The Morgan fingerprint density at radius 2 is 1.93 bits per heavy atom. The summed E-state index contributed by atoms with van der Waals surface area (Å²) in [6, 6.07) is 7.30. The summed E-state index contributed by atoms with van der Waals surface area (Å²) in [4.78, 5) is 40.1. The maximum absolute atomic E-state index is 12.2. The first-order chi connectivity index (χ1) is 12.9. The van der Waals surface area contributed by atoms with Gasteiger partial charge in [0.15, 0.2) is 0 Å². The molecule has 0 aliphatic carbocycles. The molecule has 0 aliphatic rings. The summed E-state index contributed by atoms with van der Waals surface area (Å²) in [7, 11) is 1.75. The van der Waals surface area contributed by atoms with E-state index in [-0.39, 0.29) is 11.6 Å². The van der Waals surface area contributed by atoms with Gasteiger partial charge in [-0.25, -0.2) is 14.8 Å². The van der Waals surface area contributed by atoms with Crippen LogP contribution in [0.15, 0.2) is 29.1 Å². The molecule has 3 aromatic rings. The van der Waals surface area contributed by atoms with Crippen molar-refractivity contribution in [3.05, 3.63) is 57.5 Å². The monoisotopic (exact) mass is 368 g/mol. The van der Waals surface area contributed by atoms with Gasteiger partial charge in [0.05, 0.1) is 11.0 Å². The Morgan fingerprint density at radius 1 is 1.15 bits per heavy atom. The average molecular weight is 368 g/mol. The molecule has 1 aromatic carbocycles. The second-order valence-electron chi connectivity index (χ2n) is 6.64. The molecule has 0 fully saturated rings. The number of fused-ring (bicyclic) bond motifs is 1. The van der Waals surface area contributed by atoms with Crippen LogP contribution in [0.25, 0.3) is 11.0 Å². The summed E-state index contributed by atoms with van der Waals surface area (Å²) >= 11 is 0. The van der Waals surface area contributed by atoms with Gasteiger partial charge in [0.1, 0.15) is 11.6 Å². The second-order valence-corrected chi connectivity index (χ2v) is 6.64. The van der Waals surface area contributed by atoms with E-state index in [1.807, 2.05) is 25.1 Å².